The molecule has 0 saturated carbocycles. The lowest BCUT2D eigenvalue weighted by Gasteiger charge is -2.24. The van der Waals surface area contributed by atoms with Gasteiger partial charge in [0.05, 0.1) is 12.7 Å². The standard InChI is InChI=1S/C22H18N2O3/c1-27-22(26)20(24-21(25)14-7-6-12-23-13-14)19-17-10-4-2-8-15(17)16-9-3-5-11-18(16)19/h2-13,19-20H,1H3,(H,24,25)/t20-/m1/s1. The number of fused-ring (bicyclic) bond motifs is 3. The van der Waals surface area contributed by atoms with Crippen LogP contribution in [0.15, 0.2) is 73.1 Å². The molecule has 27 heavy (non-hydrogen) atoms. The van der Waals surface area contributed by atoms with E-state index in [9.17, 15) is 9.59 Å². The molecule has 0 saturated heterocycles. The van der Waals surface area contributed by atoms with Crippen LogP contribution in [0.3, 0.4) is 0 Å². The molecule has 1 atom stereocenters. The summed E-state index contributed by atoms with van der Waals surface area (Å²) in [4.78, 5) is 29.3. The van der Waals surface area contributed by atoms with Gasteiger partial charge in [-0.15, -0.1) is 0 Å². The van der Waals surface area contributed by atoms with E-state index >= 15 is 0 Å². The fraction of sp³-hybridized carbons (Fsp3) is 0.136. The van der Waals surface area contributed by atoms with Crippen LogP contribution in [0, 0.1) is 0 Å². The molecule has 1 aliphatic carbocycles. The molecule has 0 unspecified atom stereocenters. The van der Waals surface area contributed by atoms with E-state index in [1.807, 2.05) is 48.5 Å². The molecule has 0 bridgehead atoms. The Morgan fingerprint density at radius 2 is 1.59 bits per heavy atom. The van der Waals surface area contributed by atoms with Crippen molar-refractivity contribution in [1.29, 1.82) is 0 Å². The van der Waals surface area contributed by atoms with Crippen LogP contribution in [-0.4, -0.2) is 30.0 Å². The maximum atomic E-state index is 12.7. The van der Waals surface area contributed by atoms with Crippen LogP contribution >= 0.6 is 0 Å². The minimum Gasteiger partial charge on any atom is -0.467 e. The SMILES string of the molecule is COC(=O)[C@H](NC(=O)c1cccnc1)C1c2ccccc2-c2ccccc21. The first-order valence-electron chi connectivity index (χ1n) is 8.67. The van der Waals surface area contributed by atoms with E-state index in [2.05, 4.69) is 10.3 Å². The lowest BCUT2D eigenvalue weighted by molar-refractivity contribution is -0.143. The normalized spacial score (nSPS) is 13.4. The number of amides is 1. The summed E-state index contributed by atoms with van der Waals surface area (Å²) in [6.45, 7) is 0. The Balaban J connectivity index is 1.77. The quantitative estimate of drug-likeness (QED) is 0.728. The highest BCUT2D eigenvalue weighted by atomic mass is 16.5. The third-order valence-corrected chi connectivity index (χ3v) is 4.88. The number of methoxy groups -OCH3 is 1. The molecule has 1 heterocycles. The third-order valence-electron chi connectivity index (χ3n) is 4.88. The van der Waals surface area contributed by atoms with Gasteiger partial charge in [-0.05, 0) is 34.4 Å². The molecule has 3 aromatic rings. The van der Waals surface area contributed by atoms with Crippen molar-refractivity contribution in [2.45, 2.75) is 12.0 Å². The fourth-order valence-electron chi connectivity index (χ4n) is 3.68. The minimum absolute atomic E-state index is 0.314. The molecule has 0 fully saturated rings. The summed E-state index contributed by atoms with van der Waals surface area (Å²) in [7, 11) is 1.33. The summed E-state index contributed by atoms with van der Waals surface area (Å²) in [6.07, 6.45) is 3.07. The van der Waals surface area contributed by atoms with Crippen LogP contribution in [0.25, 0.3) is 11.1 Å². The molecule has 0 aliphatic heterocycles. The van der Waals surface area contributed by atoms with Crippen LogP contribution in [0.5, 0.6) is 0 Å². The number of pyridine rings is 1. The smallest absolute Gasteiger partial charge is 0.329 e. The largest absolute Gasteiger partial charge is 0.467 e. The zero-order chi connectivity index (χ0) is 18.8. The van der Waals surface area contributed by atoms with Crippen molar-refractivity contribution < 1.29 is 14.3 Å². The molecule has 1 aliphatic rings. The summed E-state index contributed by atoms with van der Waals surface area (Å²) in [5.74, 6) is -1.16. The molecule has 2 aromatic carbocycles. The highest BCUT2D eigenvalue weighted by Crippen LogP contribution is 2.46. The topological polar surface area (TPSA) is 68.3 Å². The Bertz CT molecular complexity index is 956. The predicted octanol–water partition coefficient (Wildman–Crippen LogP) is 3.17. The fourth-order valence-corrected chi connectivity index (χ4v) is 3.68. The summed E-state index contributed by atoms with van der Waals surface area (Å²) in [5.41, 5.74) is 4.54. The summed E-state index contributed by atoms with van der Waals surface area (Å²) < 4.78 is 5.02. The van der Waals surface area contributed by atoms with Crippen molar-refractivity contribution in [3.8, 4) is 11.1 Å². The molecule has 5 heteroatoms. The zero-order valence-corrected chi connectivity index (χ0v) is 14.8. The number of nitrogens with one attached hydrogen (secondary N) is 1. The second kappa shape index (κ2) is 7.03. The number of hydrogen-bond acceptors (Lipinski definition) is 4. The van der Waals surface area contributed by atoms with Gasteiger partial charge in [-0.1, -0.05) is 48.5 Å². The van der Waals surface area contributed by atoms with Crippen LogP contribution < -0.4 is 5.32 Å². The molecule has 0 radical (unpaired) electrons. The highest BCUT2D eigenvalue weighted by molar-refractivity contribution is 5.97. The van der Waals surface area contributed by atoms with E-state index in [0.717, 1.165) is 22.3 Å². The van der Waals surface area contributed by atoms with Gasteiger partial charge in [0, 0.05) is 18.3 Å². The van der Waals surface area contributed by atoms with Crippen molar-refractivity contribution in [2.75, 3.05) is 7.11 Å². The Morgan fingerprint density at radius 3 is 2.15 bits per heavy atom. The van der Waals surface area contributed by atoms with Crippen molar-refractivity contribution in [1.82, 2.24) is 10.3 Å². The number of ether oxygens (including phenoxy) is 1. The van der Waals surface area contributed by atoms with Crippen molar-refractivity contribution in [2.24, 2.45) is 0 Å². The lowest BCUT2D eigenvalue weighted by Crippen LogP contribution is -2.45. The molecule has 5 nitrogen and oxygen atoms in total. The number of hydrogen-bond donors (Lipinski definition) is 1. The van der Waals surface area contributed by atoms with E-state index in [1.54, 1.807) is 18.3 Å². The number of benzene rings is 2. The van der Waals surface area contributed by atoms with Crippen molar-refractivity contribution in [3.63, 3.8) is 0 Å². The number of aromatic nitrogens is 1. The summed E-state index contributed by atoms with van der Waals surface area (Å²) >= 11 is 0. The summed E-state index contributed by atoms with van der Waals surface area (Å²) in [5, 5.41) is 2.85. The molecular weight excluding hydrogens is 340 g/mol. The average Bonchev–Trinajstić information content (AvgIpc) is 3.06. The van der Waals surface area contributed by atoms with E-state index in [-0.39, 0.29) is 11.8 Å². The molecular formula is C22H18N2O3. The van der Waals surface area contributed by atoms with Crippen molar-refractivity contribution >= 4 is 11.9 Å². The van der Waals surface area contributed by atoms with E-state index in [4.69, 9.17) is 4.74 Å². The first kappa shape index (κ1) is 17.0. The maximum Gasteiger partial charge on any atom is 0.329 e. The van der Waals surface area contributed by atoms with Crippen molar-refractivity contribution in [3.05, 3.63) is 89.7 Å². The van der Waals surface area contributed by atoms with Crippen LogP contribution in [0.4, 0.5) is 0 Å². The van der Waals surface area contributed by atoms with Gasteiger partial charge in [0.2, 0.25) is 0 Å². The monoisotopic (exact) mass is 358 g/mol. The number of nitrogens with zero attached hydrogens (tertiary/aromatic N) is 1. The number of carbonyl (C=O) groups excluding carboxylic acids is 2. The van der Waals surface area contributed by atoms with E-state index < -0.39 is 12.0 Å². The Labute approximate surface area is 157 Å². The Morgan fingerprint density at radius 1 is 0.963 bits per heavy atom. The third kappa shape index (κ3) is 2.97. The maximum absolute atomic E-state index is 12.7. The molecule has 1 aromatic heterocycles. The van der Waals surface area contributed by atoms with Crippen LogP contribution in [0.2, 0.25) is 0 Å². The zero-order valence-electron chi connectivity index (χ0n) is 14.8. The average molecular weight is 358 g/mol. The van der Waals surface area contributed by atoms with Gasteiger partial charge in [0.15, 0.2) is 0 Å². The first-order chi connectivity index (χ1) is 13.2. The molecule has 134 valence electrons. The van der Waals surface area contributed by atoms with E-state index in [0.29, 0.717) is 5.56 Å². The predicted molar refractivity (Wildman–Crippen MR) is 101 cm³/mol. The van der Waals surface area contributed by atoms with Crippen LogP contribution in [-0.2, 0) is 9.53 Å². The van der Waals surface area contributed by atoms with Gasteiger partial charge in [-0.3, -0.25) is 9.78 Å². The van der Waals surface area contributed by atoms with Gasteiger partial charge in [0.25, 0.3) is 5.91 Å². The molecule has 1 amide bonds. The number of esters is 1. The first-order valence-corrected chi connectivity index (χ1v) is 8.67. The second-order valence-electron chi connectivity index (χ2n) is 6.37. The molecule has 0 spiro atoms. The van der Waals surface area contributed by atoms with Gasteiger partial charge >= 0.3 is 5.97 Å². The van der Waals surface area contributed by atoms with Gasteiger partial charge in [-0.2, -0.15) is 0 Å². The minimum atomic E-state index is -0.840. The highest BCUT2D eigenvalue weighted by Gasteiger charge is 2.39. The number of carbonyl (C=O) groups is 2. The van der Waals surface area contributed by atoms with Crippen LogP contribution in [0.1, 0.15) is 27.4 Å². The lowest BCUT2D eigenvalue weighted by atomic mass is 9.89. The van der Waals surface area contributed by atoms with E-state index in [1.165, 1.54) is 13.3 Å². The molecule has 1 N–H and O–H groups in total. The van der Waals surface area contributed by atoms with Gasteiger partial charge in [0.1, 0.15) is 6.04 Å². The second-order valence-corrected chi connectivity index (χ2v) is 6.37. The Hall–Kier alpha value is -3.47. The number of rotatable bonds is 4. The van der Waals surface area contributed by atoms with Gasteiger partial charge in [-0.25, -0.2) is 4.79 Å². The summed E-state index contributed by atoms with van der Waals surface area (Å²) in [6, 6.07) is 18.4. The molecule has 4 rings (SSSR count). The Kier molecular flexibility index (Phi) is 4.42. The van der Waals surface area contributed by atoms with Gasteiger partial charge < -0.3 is 10.1 Å².